The van der Waals surface area contributed by atoms with Gasteiger partial charge in [-0.15, -0.1) is 0 Å². The molecule has 9 nitrogen and oxygen atoms in total. The van der Waals surface area contributed by atoms with Crippen molar-refractivity contribution >= 4 is 45.9 Å². The molecule has 1 unspecified atom stereocenters. The molecule has 1 fully saturated rings. The molecule has 1 saturated heterocycles. The Morgan fingerprint density at radius 1 is 1.15 bits per heavy atom. The van der Waals surface area contributed by atoms with Gasteiger partial charge >= 0.3 is 0 Å². The highest BCUT2D eigenvalue weighted by Gasteiger charge is 2.22. The molecule has 0 spiro atoms. The summed E-state index contributed by atoms with van der Waals surface area (Å²) in [6, 6.07) is 3.58. The fourth-order valence-corrected chi connectivity index (χ4v) is 4.38. The van der Waals surface area contributed by atoms with Gasteiger partial charge in [-0.3, -0.25) is 0 Å². The monoisotopic (exact) mass is 493 g/mol. The van der Waals surface area contributed by atoms with Gasteiger partial charge in [0, 0.05) is 36.4 Å². The summed E-state index contributed by atoms with van der Waals surface area (Å²) in [6.45, 7) is 1.61. The average molecular weight is 494 g/mol. The third-order valence-electron chi connectivity index (χ3n) is 5.29. The van der Waals surface area contributed by atoms with Crippen molar-refractivity contribution in [2.45, 2.75) is 18.9 Å². The number of ether oxygens (including phenoxy) is 3. The number of methoxy groups -OCH3 is 2. The van der Waals surface area contributed by atoms with Gasteiger partial charge in [0.15, 0.2) is 5.82 Å². The van der Waals surface area contributed by atoms with Gasteiger partial charge in [-0.2, -0.15) is 0 Å². The van der Waals surface area contributed by atoms with Crippen molar-refractivity contribution in [3.8, 4) is 22.8 Å². The zero-order valence-electron chi connectivity index (χ0n) is 18.3. The van der Waals surface area contributed by atoms with E-state index in [1.165, 1.54) is 14.2 Å². The van der Waals surface area contributed by atoms with Crippen LogP contribution in [0.5, 0.6) is 11.5 Å². The first kappa shape index (κ1) is 23.6. The summed E-state index contributed by atoms with van der Waals surface area (Å²) < 4.78 is 16.3. The highest BCUT2D eigenvalue weighted by molar-refractivity contribution is 6.41. The number of hydrogen-bond acceptors (Lipinski definition) is 9. The third-order valence-corrected chi connectivity index (χ3v) is 6.04. The molecule has 3 N–H and O–H groups in total. The van der Waals surface area contributed by atoms with Gasteiger partial charge in [0.25, 0.3) is 0 Å². The van der Waals surface area contributed by atoms with Crippen LogP contribution in [-0.2, 0) is 4.74 Å². The topological polar surface area (TPSA) is 111 Å². The molecule has 3 heterocycles. The SMILES string of the molecule is COc1cc(OC)c(Cl)c(-c2cc3cnc(NC4CCCOC4)nc3c(NCCO)n2)c1Cl. The molecule has 0 amide bonds. The van der Waals surface area contributed by atoms with E-state index in [0.717, 1.165) is 24.8 Å². The number of hydrogen-bond donors (Lipinski definition) is 3. The molecular weight excluding hydrogens is 469 g/mol. The molecule has 1 atom stereocenters. The number of aromatic nitrogens is 3. The summed E-state index contributed by atoms with van der Waals surface area (Å²) >= 11 is 13.2. The third kappa shape index (κ3) is 5.01. The lowest BCUT2D eigenvalue weighted by Crippen LogP contribution is -2.30. The Hall–Kier alpha value is -2.59. The standard InChI is InChI=1S/C22H25Cl2N5O4/c1-31-15-9-16(32-2)19(24)17(18(15)23)14-8-12-10-26-22(27-13-4-3-7-33-11-13)29-20(12)21(28-14)25-5-6-30/h8-10,13,30H,3-7,11H2,1-2H3,(H,25,28)(H,26,27,29). The first-order valence-electron chi connectivity index (χ1n) is 10.5. The Bertz CT molecular complexity index is 1110. The predicted molar refractivity (Wildman–Crippen MR) is 129 cm³/mol. The van der Waals surface area contributed by atoms with Crippen molar-refractivity contribution < 1.29 is 19.3 Å². The van der Waals surface area contributed by atoms with E-state index < -0.39 is 0 Å². The zero-order chi connectivity index (χ0) is 23.4. The molecule has 3 aromatic rings. The fraction of sp³-hybridized carbons (Fsp3) is 0.409. The molecule has 0 bridgehead atoms. The summed E-state index contributed by atoms with van der Waals surface area (Å²) in [5, 5.41) is 17.1. The first-order valence-corrected chi connectivity index (χ1v) is 11.3. The normalized spacial score (nSPS) is 16.0. The second kappa shape index (κ2) is 10.6. The number of nitrogens with zero attached hydrogens (tertiary/aromatic N) is 3. The van der Waals surface area contributed by atoms with E-state index in [2.05, 4.69) is 20.6 Å². The number of nitrogens with one attached hydrogen (secondary N) is 2. The average Bonchev–Trinajstić information content (AvgIpc) is 2.83. The number of aliphatic hydroxyl groups excluding tert-OH is 1. The molecule has 33 heavy (non-hydrogen) atoms. The Labute approximate surface area is 201 Å². The van der Waals surface area contributed by atoms with Crippen LogP contribution in [0.15, 0.2) is 18.3 Å². The van der Waals surface area contributed by atoms with Crippen LogP contribution in [0.1, 0.15) is 12.8 Å². The van der Waals surface area contributed by atoms with Crippen LogP contribution in [0.2, 0.25) is 10.0 Å². The fourth-order valence-electron chi connectivity index (χ4n) is 3.68. The van der Waals surface area contributed by atoms with Gasteiger partial charge in [0.05, 0.1) is 49.2 Å². The van der Waals surface area contributed by atoms with Crippen molar-refractivity contribution in [1.29, 1.82) is 0 Å². The van der Waals surface area contributed by atoms with Gasteiger partial charge in [-0.05, 0) is 18.9 Å². The first-order chi connectivity index (χ1) is 16.0. The number of fused-ring (bicyclic) bond motifs is 1. The van der Waals surface area contributed by atoms with Crippen LogP contribution < -0.4 is 20.1 Å². The second-order valence-electron chi connectivity index (χ2n) is 7.48. The predicted octanol–water partition coefficient (Wildman–Crippen LogP) is 4.01. The Morgan fingerprint density at radius 3 is 2.55 bits per heavy atom. The number of pyridine rings is 1. The number of anilines is 2. The molecular formula is C22H25Cl2N5O4. The summed E-state index contributed by atoms with van der Waals surface area (Å²) in [7, 11) is 3.03. The van der Waals surface area contributed by atoms with Gasteiger partial charge in [0.1, 0.15) is 17.0 Å². The number of aliphatic hydroxyl groups is 1. The van der Waals surface area contributed by atoms with Crippen molar-refractivity contribution in [2.24, 2.45) is 0 Å². The maximum atomic E-state index is 9.36. The molecule has 0 radical (unpaired) electrons. The van der Waals surface area contributed by atoms with Crippen molar-refractivity contribution in [2.75, 3.05) is 51.2 Å². The Kier molecular flexibility index (Phi) is 7.54. The lowest BCUT2D eigenvalue weighted by Gasteiger charge is -2.23. The minimum absolute atomic E-state index is 0.0719. The van der Waals surface area contributed by atoms with Crippen molar-refractivity contribution in [3.63, 3.8) is 0 Å². The maximum absolute atomic E-state index is 9.36. The van der Waals surface area contributed by atoms with Crippen LogP contribution in [0.25, 0.3) is 22.2 Å². The van der Waals surface area contributed by atoms with Gasteiger partial charge in [-0.25, -0.2) is 15.0 Å². The minimum atomic E-state index is -0.0719. The van der Waals surface area contributed by atoms with E-state index in [1.807, 2.05) is 0 Å². The molecule has 1 aliphatic rings. The van der Waals surface area contributed by atoms with Crippen molar-refractivity contribution in [1.82, 2.24) is 15.0 Å². The van der Waals surface area contributed by atoms with E-state index in [9.17, 15) is 5.11 Å². The molecule has 0 aliphatic carbocycles. The Balaban J connectivity index is 1.82. The van der Waals surface area contributed by atoms with Gasteiger partial charge < -0.3 is 30.0 Å². The van der Waals surface area contributed by atoms with Gasteiger partial charge in [-0.1, -0.05) is 23.2 Å². The smallest absolute Gasteiger partial charge is 0.223 e. The molecule has 1 aliphatic heterocycles. The molecule has 11 heteroatoms. The van der Waals surface area contributed by atoms with Crippen LogP contribution in [0, 0.1) is 0 Å². The van der Waals surface area contributed by atoms with E-state index in [4.69, 9.17) is 42.4 Å². The van der Waals surface area contributed by atoms with Crippen LogP contribution in [0.4, 0.5) is 11.8 Å². The minimum Gasteiger partial charge on any atom is -0.495 e. The van der Waals surface area contributed by atoms with E-state index in [-0.39, 0.29) is 19.2 Å². The summed E-state index contributed by atoms with van der Waals surface area (Å²) in [5.74, 6) is 1.77. The quantitative estimate of drug-likeness (QED) is 0.428. The lowest BCUT2D eigenvalue weighted by atomic mass is 10.1. The zero-order valence-corrected chi connectivity index (χ0v) is 19.8. The van der Waals surface area contributed by atoms with Crippen LogP contribution in [-0.4, -0.2) is 66.7 Å². The van der Waals surface area contributed by atoms with Crippen LogP contribution >= 0.6 is 23.2 Å². The van der Waals surface area contributed by atoms with E-state index >= 15 is 0 Å². The summed E-state index contributed by atoms with van der Waals surface area (Å²) in [5.41, 5.74) is 1.55. The van der Waals surface area contributed by atoms with E-state index in [1.54, 1.807) is 18.3 Å². The van der Waals surface area contributed by atoms with Crippen molar-refractivity contribution in [3.05, 3.63) is 28.4 Å². The highest BCUT2D eigenvalue weighted by Crippen LogP contribution is 2.46. The second-order valence-corrected chi connectivity index (χ2v) is 8.24. The van der Waals surface area contributed by atoms with Gasteiger partial charge in [0.2, 0.25) is 5.95 Å². The summed E-state index contributed by atoms with van der Waals surface area (Å²) in [4.78, 5) is 13.9. The van der Waals surface area contributed by atoms with Crippen LogP contribution in [0.3, 0.4) is 0 Å². The van der Waals surface area contributed by atoms with E-state index in [0.29, 0.717) is 56.7 Å². The molecule has 2 aromatic heterocycles. The lowest BCUT2D eigenvalue weighted by molar-refractivity contribution is 0.0874. The summed E-state index contributed by atoms with van der Waals surface area (Å²) in [6.07, 6.45) is 3.69. The highest BCUT2D eigenvalue weighted by atomic mass is 35.5. The number of halogens is 2. The largest absolute Gasteiger partial charge is 0.495 e. The molecule has 0 saturated carbocycles. The molecule has 1 aromatic carbocycles. The maximum Gasteiger partial charge on any atom is 0.223 e. The number of rotatable bonds is 8. The molecule has 176 valence electrons. The Morgan fingerprint density at radius 2 is 1.91 bits per heavy atom. The number of benzene rings is 1. The molecule has 4 rings (SSSR count).